The Kier molecular flexibility index (Phi) is 6.57. The average Bonchev–Trinajstić information content (AvgIpc) is 2.53. The molecule has 0 aliphatic heterocycles. The predicted octanol–water partition coefficient (Wildman–Crippen LogP) is 3.30. The molecule has 0 aliphatic carbocycles. The smallest absolute Gasteiger partial charge is 0.319 e. The van der Waals surface area contributed by atoms with E-state index in [1.165, 1.54) is 12.1 Å². The fourth-order valence-electron chi connectivity index (χ4n) is 2.03. The number of amides is 2. The molecule has 24 heavy (non-hydrogen) atoms. The highest BCUT2D eigenvalue weighted by Crippen LogP contribution is 2.16. The van der Waals surface area contributed by atoms with E-state index in [4.69, 9.17) is 9.84 Å². The molecule has 2 rings (SSSR count). The maximum absolute atomic E-state index is 13.1. The lowest BCUT2D eigenvalue weighted by Gasteiger charge is -2.10. The molecule has 0 aliphatic rings. The van der Waals surface area contributed by atoms with Gasteiger partial charge in [-0.2, -0.15) is 0 Å². The molecule has 0 saturated heterocycles. The summed E-state index contributed by atoms with van der Waals surface area (Å²) in [6.45, 7) is 2.33. The second kappa shape index (κ2) is 8.88. The van der Waals surface area contributed by atoms with Gasteiger partial charge >= 0.3 is 6.03 Å². The van der Waals surface area contributed by atoms with Gasteiger partial charge < -0.3 is 20.5 Å². The predicted molar refractivity (Wildman–Crippen MR) is 90.5 cm³/mol. The Bertz CT molecular complexity index is 677. The zero-order valence-electron chi connectivity index (χ0n) is 13.5. The van der Waals surface area contributed by atoms with Gasteiger partial charge in [0.1, 0.15) is 18.2 Å². The number of hydrogen-bond acceptors (Lipinski definition) is 3. The maximum Gasteiger partial charge on any atom is 0.319 e. The summed E-state index contributed by atoms with van der Waals surface area (Å²) in [4.78, 5) is 11.7. The van der Waals surface area contributed by atoms with Crippen LogP contribution in [-0.4, -0.2) is 23.8 Å². The molecule has 0 radical (unpaired) electrons. The molecule has 2 amide bonds. The van der Waals surface area contributed by atoms with Gasteiger partial charge in [-0.25, -0.2) is 9.18 Å². The van der Waals surface area contributed by atoms with Gasteiger partial charge in [0, 0.05) is 18.3 Å². The summed E-state index contributed by atoms with van der Waals surface area (Å²) in [6, 6.07) is 12.8. The van der Waals surface area contributed by atoms with Crippen molar-refractivity contribution < 1.29 is 19.0 Å². The average molecular weight is 332 g/mol. The number of aliphatic hydroxyl groups is 1. The fraction of sp³-hybridized carbons (Fsp3) is 0.278. The van der Waals surface area contributed by atoms with Crippen LogP contribution in [0.4, 0.5) is 14.9 Å². The number of ether oxygens (including phenoxy) is 1. The van der Waals surface area contributed by atoms with Crippen molar-refractivity contribution >= 4 is 11.7 Å². The van der Waals surface area contributed by atoms with Crippen molar-refractivity contribution in [3.8, 4) is 5.75 Å². The molecule has 0 saturated carbocycles. The summed E-state index contributed by atoms with van der Waals surface area (Å²) in [6.07, 6.45) is 0.0446. The summed E-state index contributed by atoms with van der Waals surface area (Å²) >= 11 is 0. The van der Waals surface area contributed by atoms with Crippen LogP contribution in [0.1, 0.15) is 18.9 Å². The minimum Gasteiger partial charge on any atom is -0.489 e. The van der Waals surface area contributed by atoms with E-state index in [1.807, 2.05) is 6.07 Å². The fourth-order valence-corrected chi connectivity index (χ4v) is 2.03. The Hall–Kier alpha value is -2.60. The van der Waals surface area contributed by atoms with E-state index >= 15 is 0 Å². The highest BCUT2D eigenvalue weighted by atomic mass is 19.1. The Labute approximate surface area is 140 Å². The van der Waals surface area contributed by atoms with Crippen molar-refractivity contribution in [3.05, 3.63) is 59.9 Å². The number of urea groups is 1. The summed E-state index contributed by atoms with van der Waals surface area (Å²) in [5.41, 5.74) is 1.48. The van der Waals surface area contributed by atoms with E-state index in [1.54, 1.807) is 37.3 Å². The van der Waals surface area contributed by atoms with Crippen LogP contribution in [0.5, 0.6) is 5.75 Å². The number of hydrogen-bond donors (Lipinski definition) is 3. The van der Waals surface area contributed by atoms with Crippen LogP contribution in [-0.2, 0) is 6.61 Å². The van der Waals surface area contributed by atoms with Gasteiger partial charge in [-0.15, -0.1) is 0 Å². The molecule has 6 heteroatoms. The van der Waals surface area contributed by atoms with Gasteiger partial charge in [0.05, 0.1) is 6.10 Å². The van der Waals surface area contributed by atoms with Crippen molar-refractivity contribution in [3.63, 3.8) is 0 Å². The summed E-state index contributed by atoms with van der Waals surface area (Å²) in [5.74, 6) is 0.0982. The van der Waals surface area contributed by atoms with Gasteiger partial charge in [-0.1, -0.05) is 18.2 Å². The third-order valence-electron chi connectivity index (χ3n) is 3.23. The molecule has 1 atom stereocenters. The number of benzene rings is 2. The molecular weight excluding hydrogens is 311 g/mol. The van der Waals surface area contributed by atoms with Crippen molar-refractivity contribution in [2.24, 2.45) is 0 Å². The lowest BCUT2D eigenvalue weighted by Crippen LogP contribution is -2.30. The molecule has 3 N–H and O–H groups in total. The zero-order chi connectivity index (χ0) is 17.4. The molecule has 0 fully saturated rings. The SMILES string of the molecule is CC(O)CCNC(=O)Nc1cccc(COc2cccc(F)c2)c1. The van der Waals surface area contributed by atoms with Gasteiger partial charge in [0.25, 0.3) is 0 Å². The zero-order valence-corrected chi connectivity index (χ0v) is 13.5. The Morgan fingerprint density at radius 1 is 1.25 bits per heavy atom. The lowest BCUT2D eigenvalue weighted by molar-refractivity contribution is 0.184. The molecule has 0 heterocycles. The van der Waals surface area contributed by atoms with Crippen LogP contribution in [0, 0.1) is 5.82 Å². The van der Waals surface area contributed by atoms with Crippen molar-refractivity contribution in [1.29, 1.82) is 0 Å². The second-order valence-corrected chi connectivity index (χ2v) is 5.47. The number of carbonyl (C=O) groups is 1. The van der Waals surface area contributed by atoms with E-state index < -0.39 is 6.10 Å². The first-order valence-electron chi connectivity index (χ1n) is 7.73. The normalized spacial score (nSPS) is 11.6. The highest BCUT2D eigenvalue weighted by Gasteiger charge is 2.04. The summed E-state index contributed by atoms with van der Waals surface area (Å²) < 4.78 is 18.6. The van der Waals surface area contributed by atoms with Crippen molar-refractivity contribution in [2.45, 2.75) is 26.1 Å². The van der Waals surface area contributed by atoms with E-state index in [2.05, 4.69) is 10.6 Å². The molecule has 128 valence electrons. The van der Waals surface area contributed by atoms with Crippen LogP contribution < -0.4 is 15.4 Å². The van der Waals surface area contributed by atoms with Crippen molar-refractivity contribution in [2.75, 3.05) is 11.9 Å². The number of halogens is 1. The highest BCUT2D eigenvalue weighted by molar-refractivity contribution is 5.89. The third kappa shape index (κ3) is 6.26. The molecule has 0 aromatic heterocycles. The Morgan fingerprint density at radius 2 is 2.04 bits per heavy atom. The third-order valence-corrected chi connectivity index (χ3v) is 3.23. The molecule has 2 aromatic rings. The number of anilines is 1. The number of aliphatic hydroxyl groups excluding tert-OH is 1. The second-order valence-electron chi connectivity index (χ2n) is 5.47. The molecule has 1 unspecified atom stereocenters. The quantitative estimate of drug-likeness (QED) is 0.728. The number of nitrogens with one attached hydrogen (secondary N) is 2. The summed E-state index contributed by atoms with van der Waals surface area (Å²) in [5, 5.41) is 14.5. The number of rotatable bonds is 7. The standard InChI is InChI=1S/C18H21FN2O3/c1-13(22)8-9-20-18(23)21-16-6-2-4-14(10-16)12-24-17-7-3-5-15(19)11-17/h2-7,10-11,13,22H,8-9,12H2,1H3,(H2,20,21,23). The van der Waals surface area contributed by atoms with Gasteiger partial charge in [-0.3, -0.25) is 0 Å². The van der Waals surface area contributed by atoms with E-state index in [0.717, 1.165) is 5.56 Å². The van der Waals surface area contributed by atoms with Crippen LogP contribution in [0.15, 0.2) is 48.5 Å². The minimum atomic E-state index is -0.450. The summed E-state index contributed by atoms with van der Waals surface area (Å²) in [7, 11) is 0. The number of carbonyl (C=O) groups excluding carboxylic acids is 1. The van der Waals surface area contributed by atoms with E-state index in [9.17, 15) is 9.18 Å². The van der Waals surface area contributed by atoms with E-state index in [-0.39, 0.29) is 18.5 Å². The molecule has 5 nitrogen and oxygen atoms in total. The molecule has 0 spiro atoms. The Morgan fingerprint density at radius 3 is 2.79 bits per heavy atom. The van der Waals surface area contributed by atoms with Crippen LogP contribution >= 0.6 is 0 Å². The first kappa shape index (κ1) is 17.7. The maximum atomic E-state index is 13.1. The van der Waals surface area contributed by atoms with Gasteiger partial charge in [0.15, 0.2) is 0 Å². The van der Waals surface area contributed by atoms with Crippen LogP contribution in [0.25, 0.3) is 0 Å². The molecule has 0 bridgehead atoms. The van der Waals surface area contributed by atoms with Gasteiger partial charge in [-0.05, 0) is 43.2 Å². The van der Waals surface area contributed by atoms with E-state index in [0.29, 0.717) is 24.4 Å². The lowest BCUT2D eigenvalue weighted by atomic mass is 10.2. The Balaban J connectivity index is 1.85. The first-order chi connectivity index (χ1) is 11.5. The van der Waals surface area contributed by atoms with Crippen LogP contribution in [0.3, 0.4) is 0 Å². The van der Waals surface area contributed by atoms with Crippen molar-refractivity contribution in [1.82, 2.24) is 5.32 Å². The van der Waals surface area contributed by atoms with Crippen LogP contribution in [0.2, 0.25) is 0 Å². The molecule has 2 aromatic carbocycles. The largest absolute Gasteiger partial charge is 0.489 e. The minimum absolute atomic E-state index is 0.266. The van der Waals surface area contributed by atoms with Gasteiger partial charge in [0.2, 0.25) is 0 Å². The topological polar surface area (TPSA) is 70.6 Å². The molecular formula is C18H21FN2O3. The first-order valence-corrected chi connectivity index (χ1v) is 7.73. The monoisotopic (exact) mass is 332 g/mol.